The molecule has 0 radical (unpaired) electrons. The highest BCUT2D eigenvalue weighted by Gasteiger charge is 2.12. The number of ether oxygens (including phenoxy) is 1. The lowest BCUT2D eigenvalue weighted by Gasteiger charge is -2.27. The van der Waals surface area contributed by atoms with Crippen molar-refractivity contribution in [2.24, 2.45) is 4.99 Å². The summed E-state index contributed by atoms with van der Waals surface area (Å²) in [6.07, 6.45) is 0. The molecule has 0 atom stereocenters. The molecule has 3 rings (SSSR count). The van der Waals surface area contributed by atoms with E-state index >= 15 is 0 Å². The predicted octanol–water partition coefficient (Wildman–Crippen LogP) is 2.34. The van der Waals surface area contributed by atoms with Gasteiger partial charge in [0.25, 0.3) is 0 Å². The predicted molar refractivity (Wildman–Crippen MR) is 120 cm³/mol. The number of aliphatic imine (C=N–C) groups is 1. The van der Waals surface area contributed by atoms with Crippen molar-refractivity contribution in [3.05, 3.63) is 65.2 Å². The molecule has 0 unspecified atom stereocenters. The van der Waals surface area contributed by atoms with E-state index in [1.807, 2.05) is 24.3 Å². The highest BCUT2D eigenvalue weighted by Crippen LogP contribution is 2.13. The van der Waals surface area contributed by atoms with Crippen LogP contribution in [0.25, 0.3) is 0 Å². The van der Waals surface area contributed by atoms with Gasteiger partial charge in [-0.2, -0.15) is 0 Å². The second-order valence-corrected chi connectivity index (χ2v) is 7.32. The van der Waals surface area contributed by atoms with E-state index in [0.29, 0.717) is 13.1 Å². The zero-order valence-corrected chi connectivity index (χ0v) is 17.8. The molecule has 1 aliphatic heterocycles. The number of benzene rings is 2. The second kappa shape index (κ2) is 11.3. The Hall–Kier alpha value is -2.90. The van der Waals surface area contributed by atoms with E-state index in [1.54, 1.807) is 7.05 Å². The lowest BCUT2D eigenvalue weighted by atomic mass is 10.1. The minimum Gasteiger partial charge on any atom is -0.379 e. The standard InChI is InChI=1S/C23H31N5O2/c1-18(29)27-22-9-5-6-19(14-22)15-25-23(24-2)26-16-20-7-3-4-8-21(20)17-28-10-12-30-13-11-28/h3-9,14H,10-13,15-17H2,1-2H3,(H,27,29)(H2,24,25,26). The van der Waals surface area contributed by atoms with Crippen molar-refractivity contribution in [1.82, 2.24) is 15.5 Å². The molecule has 0 saturated carbocycles. The van der Waals surface area contributed by atoms with Gasteiger partial charge in [0.2, 0.25) is 5.91 Å². The number of nitrogens with one attached hydrogen (secondary N) is 3. The van der Waals surface area contributed by atoms with Crippen LogP contribution in [0.15, 0.2) is 53.5 Å². The van der Waals surface area contributed by atoms with Crippen LogP contribution < -0.4 is 16.0 Å². The van der Waals surface area contributed by atoms with Crippen molar-refractivity contribution < 1.29 is 9.53 Å². The number of anilines is 1. The minimum atomic E-state index is -0.0756. The van der Waals surface area contributed by atoms with E-state index in [2.05, 4.69) is 50.1 Å². The Morgan fingerprint density at radius 3 is 2.50 bits per heavy atom. The number of carbonyl (C=O) groups excluding carboxylic acids is 1. The van der Waals surface area contributed by atoms with Gasteiger partial charge in [0.05, 0.1) is 13.2 Å². The molecule has 0 aromatic heterocycles. The molecule has 3 N–H and O–H groups in total. The van der Waals surface area contributed by atoms with Crippen molar-refractivity contribution in [2.45, 2.75) is 26.6 Å². The molecule has 1 heterocycles. The van der Waals surface area contributed by atoms with Gasteiger partial charge in [0.1, 0.15) is 0 Å². The van der Waals surface area contributed by atoms with Crippen LogP contribution in [0.3, 0.4) is 0 Å². The third-order valence-electron chi connectivity index (χ3n) is 4.99. The number of hydrogen-bond acceptors (Lipinski definition) is 4. The molecule has 7 heteroatoms. The average Bonchev–Trinajstić information content (AvgIpc) is 2.75. The fraction of sp³-hybridized carbons (Fsp3) is 0.391. The largest absolute Gasteiger partial charge is 0.379 e. The monoisotopic (exact) mass is 409 g/mol. The average molecular weight is 410 g/mol. The molecule has 7 nitrogen and oxygen atoms in total. The maximum atomic E-state index is 11.2. The Balaban J connectivity index is 1.54. The maximum absolute atomic E-state index is 11.2. The lowest BCUT2D eigenvalue weighted by Crippen LogP contribution is -2.37. The van der Waals surface area contributed by atoms with Crippen LogP contribution in [0.1, 0.15) is 23.6 Å². The number of carbonyl (C=O) groups is 1. The highest BCUT2D eigenvalue weighted by molar-refractivity contribution is 5.88. The van der Waals surface area contributed by atoms with E-state index < -0.39 is 0 Å². The number of amides is 1. The van der Waals surface area contributed by atoms with Gasteiger partial charge in [-0.1, -0.05) is 36.4 Å². The van der Waals surface area contributed by atoms with E-state index in [1.165, 1.54) is 18.1 Å². The molecule has 0 aliphatic carbocycles. The zero-order chi connectivity index (χ0) is 21.2. The van der Waals surface area contributed by atoms with E-state index in [9.17, 15) is 4.79 Å². The summed E-state index contributed by atoms with van der Waals surface area (Å²) in [7, 11) is 1.77. The van der Waals surface area contributed by atoms with Gasteiger partial charge in [-0.25, -0.2) is 0 Å². The van der Waals surface area contributed by atoms with Crippen LogP contribution in [-0.4, -0.2) is 50.1 Å². The van der Waals surface area contributed by atoms with Crippen LogP contribution in [-0.2, 0) is 29.2 Å². The molecule has 0 bridgehead atoms. The molecule has 160 valence electrons. The van der Waals surface area contributed by atoms with Gasteiger partial charge >= 0.3 is 0 Å². The van der Waals surface area contributed by atoms with Crippen molar-refractivity contribution in [3.63, 3.8) is 0 Å². The van der Waals surface area contributed by atoms with E-state index in [0.717, 1.165) is 50.1 Å². The first-order chi connectivity index (χ1) is 14.6. The molecule has 1 aliphatic rings. The molecule has 2 aromatic carbocycles. The summed E-state index contributed by atoms with van der Waals surface area (Å²) < 4.78 is 5.45. The molecular weight excluding hydrogens is 378 g/mol. The van der Waals surface area contributed by atoms with Crippen molar-refractivity contribution >= 4 is 17.6 Å². The van der Waals surface area contributed by atoms with Crippen LogP contribution >= 0.6 is 0 Å². The first kappa shape index (κ1) is 21.8. The topological polar surface area (TPSA) is 78.0 Å². The number of morpholine rings is 1. The minimum absolute atomic E-state index is 0.0756. The van der Waals surface area contributed by atoms with E-state index in [4.69, 9.17) is 4.74 Å². The first-order valence-electron chi connectivity index (χ1n) is 10.3. The maximum Gasteiger partial charge on any atom is 0.221 e. The Bertz CT molecular complexity index is 862. The number of guanidine groups is 1. The Labute approximate surface area is 178 Å². The third kappa shape index (κ3) is 6.86. The summed E-state index contributed by atoms with van der Waals surface area (Å²) in [4.78, 5) is 18.0. The summed E-state index contributed by atoms with van der Waals surface area (Å²) in [5.41, 5.74) is 4.45. The summed E-state index contributed by atoms with van der Waals surface area (Å²) in [6, 6.07) is 16.3. The molecule has 1 fully saturated rings. The number of nitrogens with zero attached hydrogens (tertiary/aromatic N) is 2. The quantitative estimate of drug-likeness (QED) is 0.483. The third-order valence-corrected chi connectivity index (χ3v) is 4.99. The normalized spacial score (nSPS) is 14.9. The number of hydrogen-bond donors (Lipinski definition) is 3. The summed E-state index contributed by atoms with van der Waals surface area (Å²) in [5.74, 6) is 0.662. The molecule has 1 saturated heterocycles. The van der Waals surface area contributed by atoms with Gasteiger partial charge in [-0.05, 0) is 28.8 Å². The Kier molecular flexibility index (Phi) is 8.23. The summed E-state index contributed by atoms with van der Waals surface area (Å²) >= 11 is 0. The zero-order valence-electron chi connectivity index (χ0n) is 17.8. The Morgan fingerprint density at radius 2 is 1.77 bits per heavy atom. The lowest BCUT2D eigenvalue weighted by molar-refractivity contribution is -0.114. The van der Waals surface area contributed by atoms with Gasteiger partial charge < -0.3 is 20.7 Å². The molecule has 2 aromatic rings. The molecule has 0 spiro atoms. The smallest absolute Gasteiger partial charge is 0.221 e. The van der Waals surface area contributed by atoms with Gasteiger partial charge in [0, 0.05) is 52.4 Å². The first-order valence-corrected chi connectivity index (χ1v) is 10.3. The van der Waals surface area contributed by atoms with Crippen molar-refractivity contribution in [2.75, 3.05) is 38.7 Å². The second-order valence-electron chi connectivity index (χ2n) is 7.32. The van der Waals surface area contributed by atoms with Crippen LogP contribution in [0.4, 0.5) is 5.69 Å². The fourth-order valence-electron chi connectivity index (χ4n) is 3.43. The summed E-state index contributed by atoms with van der Waals surface area (Å²) in [6.45, 7) is 7.32. The number of rotatable bonds is 7. The Morgan fingerprint density at radius 1 is 1.03 bits per heavy atom. The van der Waals surface area contributed by atoms with Crippen LogP contribution in [0.5, 0.6) is 0 Å². The van der Waals surface area contributed by atoms with E-state index in [-0.39, 0.29) is 5.91 Å². The molecular formula is C23H31N5O2. The SMILES string of the molecule is CN=C(NCc1cccc(NC(C)=O)c1)NCc1ccccc1CN1CCOCC1. The van der Waals surface area contributed by atoms with Gasteiger partial charge in [-0.3, -0.25) is 14.7 Å². The van der Waals surface area contributed by atoms with Gasteiger partial charge in [-0.15, -0.1) is 0 Å². The van der Waals surface area contributed by atoms with Crippen molar-refractivity contribution in [3.8, 4) is 0 Å². The molecule has 30 heavy (non-hydrogen) atoms. The summed E-state index contributed by atoms with van der Waals surface area (Å²) in [5, 5.41) is 9.55. The van der Waals surface area contributed by atoms with Crippen molar-refractivity contribution in [1.29, 1.82) is 0 Å². The van der Waals surface area contributed by atoms with Crippen LogP contribution in [0.2, 0.25) is 0 Å². The van der Waals surface area contributed by atoms with Crippen LogP contribution in [0, 0.1) is 0 Å². The molecule has 1 amide bonds. The fourth-order valence-corrected chi connectivity index (χ4v) is 3.43. The highest BCUT2D eigenvalue weighted by atomic mass is 16.5. The van der Waals surface area contributed by atoms with Gasteiger partial charge in [0.15, 0.2) is 5.96 Å².